The van der Waals surface area contributed by atoms with Crippen molar-refractivity contribution in [3.8, 4) is 17.2 Å². The van der Waals surface area contributed by atoms with E-state index in [0.29, 0.717) is 6.42 Å². The number of carbonyl (C=O) groups is 4. The molecule has 47 heavy (non-hydrogen) atoms. The molecule has 0 bridgehead atoms. The first kappa shape index (κ1) is 35.0. The molecule has 13 nitrogen and oxygen atoms in total. The average Bonchev–Trinajstić information content (AvgIpc) is 3.49. The van der Waals surface area contributed by atoms with Crippen molar-refractivity contribution in [2.45, 2.75) is 70.9 Å². The number of hydrogen-bond acceptors (Lipinski definition) is 10. The minimum Gasteiger partial charge on any atom is -0.507 e. The monoisotopic (exact) mass is 664 g/mol. The molecule has 0 aliphatic carbocycles. The number of nitrogens with one attached hydrogen (secondary N) is 2. The Morgan fingerprint density at radius 1 is 1.04 bits per heavy atom. The fourth-order valence-corrected chi connectivity index (χ4v) is 5.74. The molecule has 1 aliphatic heterocycles. The summed E-state index contributed by atoms with van der Waals surface area (Å²) in [7, 11) is 0.997. The fourth-order valence-electron chi connectivity index (χ4n) is 5.74. The van der Waals surface area contributed by atoms with E-state index in [1.807, 2.05) is 0 Å². The van der Waals surface area contributed by atoms with Crippen molar-refractivity contribution in [3.05, 3.63) is 39.7 Å². The van der Waals surface area contributed by atoms with E-state index in [9.17, 15) is 34.2 Å². The SMILES string of the molecule is COc1cc2oc(=O)c3c(O)ccc(O)c3c2c(C(F)(F)F)c1C(=O)[C@@H](NC(=O)[C@@H]1CCCN1C(=O)[C@H](C)NC(=O)[C@H](C)N)C(C)C. The summed E-state index contributed by atoms with van der Waals surface area (Å²) in [6.07, 6.45) is -4.72. The van der Waals surface area contributed by atoms with Crippen LogP contribution >= 0.6 is 0 Å². The highest BCUT2D eigenvalue weighted by atomic mass is 19.4. The highest BCUT2D eigenvalue weighted by Crippen LogP contribution is 2.47. The highest BCUT2D eigenvalue weighted by molar-refractivity contribution is 6.16. The number of alkyl halides is 3. The van der Waals surface area contributed by atoms with Crippen molar-refractivity contribution < 1.29 is 51.7 Å². The van der Waals surface area contributed by atoms with Crippen molar-refractivity contribution in [1.82, 2.24) is 15.5 Å². The summed E-state index contributed by atoms with van der Waals surface area (Å²) >= 11 is 0. The number of Topliss-reactive ketones (excluding diaryl/α,β-unsaturated/α-hetero) is 1. The Balaban J connectivity index is 1.82. The van der Waals surface area contributed by atoms with Gasteiger partial charge in [-0.05, 0) is 44.7 Å². The zero-order valence-corrected chi connectivity index (χ0v) is 26.2. The molecule has 16 heteroatoms. The average molecular weight is 665 g/mol. The molecule has 0 radical (unpaired) electrons. The number of ketones is 1. The van der Waals surface area contributed by atoms with E-state index >= 15 is 13.2 Å². The summed E-state index contributed by atoms with van der Waals surface area (Å²) in [5.74, 6) is -6.17. The lowest BCUT2D eigenvalue weighted by Crippen LogP contribution is -2.56. The van der Waals surface area contributed by atoms with Crippen molar-refractivity contribution in [1.29, 1.82) is 0 Å². The van der Waals surface area contributed by atoms with Gasteiger partial charge in [0.2, 0.25) is 17.7 Å². The minimum absolute atomic E-state index is 0.154. The van der Waals surface area contributed by atoms with Gasteiger partial charge in [-0.1, -0.05) is 13.8 Å². The number of rotatable bonds is 9. The molecule has 2 heterocycles. The van der Waals surface area contributed by atoms with Gasteiger partial charge in [-0.25, -0.2) is 4.79 Å². The van der Waals surface area contributed by atoms with Crippen LogP contribution in [-0.4, -0.2) is 76.4 Å². The van der Waals surface area contributed by atoms with Gasteiger partial charge in [0.25, 0.3) is 0 Å². The number of halogens is 3. The second-order valence-electron chi connectivity index (χ2n) is 11.7. The Labute approximate surface area is 265 Å². The summed E-state index contributed by atoms with van der Waals surface area (Å²) in [6, 6.07) is -1.92. The molecule has 1 fully saturated rings. The van der Waals surface area contributed by atoms with Gasteiger partial charge >= 0.3 is 11.8 Å². The smallest absolute Gasteiger partial charge is 0.417 e. The summed E-state index contributed by atoms with van der Waals surface area (Å²) in [6.45, 7) is 5.99. The zero-order valence-electron chi connectivity index (χ0n) is 26.2. The van der Waals surface area contributed by atoms with Gasteiger partial charge < -0.3 is 40.6 Å². The van der Waals surface area contributed by atoms with E-state index < -0.39 is 116 Å². The number of nitrogens with two attached hydrogens (primary N) is 1. The summed E-state index contributed by atoms with van der Waals surface area (Å²) < 4.78 is 55.3. The van der Waals surface area contributed by atoms with E-state index in [1.165, 1.54) is 32.6 Å². The Morgan fingerprint density at radius 2 is 1.66 bits per heavy atom. The maximum atomic E-state index is 15.0. The first-order valence-corrected chi connectivity index (χ1v) is 14.7. The highest BCUT2D eigenvalue weighted by Gasteiger charge is 2.44. The quantitative estimate of drug-likeness (QED) is 0.0980. The van der Waals surface area contributed by atoms with Crippen molar-refractivity contribution >= 4 is 45.2 Å². The van der Waals surface area contributed by atoms with E-state index in [0.717, 1.165) is 25.3 Å². The fraction of sp³-hybridized carbons (Fsp3) is 0.452. The molecule has 2 aromatic carbocycles. The van der Waals surface area contributed by atoms with Crippen LogP contribution in [0.25, 0.3) is 21.7 Å². The number of methoxy groups -OCH3 is 1. The third-order valence-corrected chi connectivity index (χ3v) is 8.05. The topological polar surface area (TPSA) is 202 Å². The number of likely N-dealkylation sites (tertiary alicyclic amines) is 1. The zero-order chi connectivity index (χ0) is 35.1. The molecule has 0 spiro atoms. The number of hydrogen-bond donors (Lipinski definition) is 5. The third-order valence-electron chi connectivity index (χ3n) is 8.05. The lowest BCUT2D eigenvalue weighted by Gasteiger charge is -2.30. The van der Waals surface area contributed by atoms with Crippen LogP contribution in [0.2, 0.25) is 0 Å². The second kappa shape index (κ2) is 13.1. The largest absolute Gasteiger partial charge is 0.507 e. The second-order valence-corrected chi connectivity index (χ2v) is 11.7. The molecule has 4 atom stereocenters. The van der Waals surface area contributed by atoms with Crippen LogP contribution in [0.15, 0.2) is 27.4 Å². The number of phenolic OH excluding ortho intramolecular Hbond substituents is 2. The molecule has 6 N–H and O–H groups in total. The van der Waals surface area contributed by atoms with Crippen LogP contribution in [0.3, 0.4) is 0 Å². The number of carbonyl (C=O) groups excluding carboxylic acids is 4. The van der Waals surface area contributed by atoms with Gasteiger partial charge in [-0.2, -0.15) is 13.2 Å². The first-order chi connectivity index (χ1) is 21.9. The first-order valence-electron chi connectivity index (χ1n) is 14.7. The maximum Gasteiger partial charge on any atom is 0.417 e. The number of fused-ring (bicyclic) bond motifs is 3. The molecule has 3 amide bonds. The molecular weight excluding hydrogens is 629 g/mol. The number of benzene rings is 2. The molecule has 0 unspecified atom stereocenters. The van der Waals surface area contributed by atoms with Crippen LogP contribution in [-0.2, 0) is 20.6 Å². The predicted molar refractivity (Wildman–Crippen MR) is 162 cm³/mol. The summed E-state index contributed by atoms with van der Waals surface area (Å²) in [5.41, 5.74) is 0.988. The van der Waals surface area contributed by atoms with E-state index in [-0.39, 0.29) is 13.0 Å². The number of phenols is 2. The maximum absolute atomic E-state index is 15.0. The molecule has 254 valence electrons. The predicted octanol–water partition coefficient (Wildman–Crippen LogP) is 2.55. The van der Waals surface area contributed by atoms with Gasteiger partial charge in [0.15, 0.2) is 5.78 Å². The lowest BCUT2D eigenvalue weighted by molar-refractivity contribution is -0.141. The van der Waals surface area contributed by atoms with Crippen molar-refractivity contribution in [2.75, 3.05) is 13.7 Å². The van der Waals surface area contributed by atoms with Crippen molar-refractivity contribution in [3.63, 3.8) is 0 Å². The minimum atomic E-state index is -5.32. The number of amides is 3. The standard InChI is InChI=1S/C31H35F3N4O9/c1-12(2)25(37-28(43)15-7-6-10-38(15)29(44)14(4)36-27(42)13(3)35)26(41)23-18(46-5)11-19-22(24(23)31(32,33)34)20-16(39)8-9-17(40)21(20)30(45)47-19/h8-9,11-15,25,39-40H,6-7,10,35H2,1-5H3,(H,36,42)(H,37,43)/t13-,14-,15-,25-/m0/s1. The van der Waals surface area contributed by atoms with Gasteiger partial charge in [0.1, 0.15) is 40.3 Å². The molecule has 1 aromatic heterocycles. The summed E-state index contributed by atoms with van der Waals surface area (Å²) in [4.78, 5) is 66.8. The number of ether oxygens (including phenoxy) is 1. The van der Waals surface area contributed by atoms with Crippen LogP contribution in [0.1, 0.15) is 56.5 Å². The van der Waals surface area contributed by atoms with Gasteiger partial charge in [-0.15, -0.1) is 0 Å². The molecule has 1 aliphatic rings. The van der Waals surface area contributed by atoms with Crippen LogP contribution in [0.4, 0.5) is 13.2 Å². The molecule has 0 saturated carbocycles. The third kappa shape index (κ3) is 6.54. The van der Waals surface area contributed by atoms with Crippen molar-refractivity contribution in [2.24, 2.45) is 11.7 Å². The van der Waals surface area contributed by atoms with E-state index in [1.54, 1.807) is 0 Å². The van der Waals surface area contributed by atoms with Crippen LogP contribution < -0.4 is 26.7 Å². The number of nitrogens with zero attached hydrogens (tertiary/aromatic N) is 1. The molecule has 1 saturated heterocycles. The molecule has 3 aromatic rings. The van der Waals surface area contributed by atoms with Crippen LogP contribution in [0.5, 0.6) is 17.2 Å². The Kier molecular flexibility index (Phi) is 9.75. The Bertz CT molecular complexity index is 1820. The lowest BCUT2D eigenvalue weighted by atomic mass is 9.88. The summed E-state index contributed by atoms with van der Waals surface area (Å²) in [5, 5.41) is 23.5. The van der Waals surface area contributed by atoms with Gasteiger partial charge in [0, 0.05) is 23.4 Å². The number of aromatic hydroxyl groups is 2. The molecular formula is C31H35F3N4O9. The molecule has 4 rings (SSSR count). The normalized spacial score (nSPS) is 17.1. The van der Waals surface area contributed by atoms with Gasteiger partial charge in [0.05, 0.1) is 30.3 Å². The Hall–Kier alpha value is -4.86. The van der Waals surface area contributed by atoms with Gasteiger partial charge in [-0.3, -0.25) is 19.2 Å². The van der Waals surface area contributed by atoms with E-state index in [4.69, 9.17) is 14.9 Å². The van der Waals surface area contributed by atoms with Crippen LogP contribution in [0, 0.1) is 5.92 Å². The van der Waals surface area contributed by atoms with E-state index in [2.05, 4.69) is 10.6 Å². The Morgan fingerprint density at radius 3 is 2.21 bits per heavy atom.